The first-order chi connectivity index (χ1) is 13.8. The van der Waals surface area contributed by atoms with Crippen LogP contribution in [0.1, 0.15) is 0 Å². The zero-order chi connectivity index (χ0) is 22.1. The van der Waals surface area contributed by atoms with Gasteiger partial charge in [-0.3, -0.25) is 9.80 Å². The molecule has 8 nitrogen and oxygen atoms in total. The second-order valence-corrected chi connectivity index (χ2v) is 8.31. The second-order valence-electron chi connectivity index (χ2n) is 8.31. The summed E-state index contributed by atoms with van der Waals surface area (Å²) in [5, 5.41) is 3.95. The molecule has 3 N–H and O–H groups in total. The highest BCUT2D eigenvalue weighted by Crippen LogP contribution is 1.95. The molecule has 0 aliphatic heterocycles. The van der Waals surface area contributed by atoms with Gasteiger partial charge in [0.25, 0.3) is 0 Å². The van der Waals surface area contributed by atoms with Gasteiger partial charge in [-0.1, -0.05) is 0 Å². The Labute approximate surface area is 182 Å². The first-order valence-electron chi connectivity index (χ1n) is 11.0. The molecule has 0 aliphatic carbocycles. The van der Waals surface area contributed by atoms with Crippen LogP contribution in [0.25, 0.3) is 0 Å². The van der Waals surface area contributed by atoms with Crippen LogP contribution in [0.3, 0.4) is 0 Å². The molecule has 0 bridgehead atoms. The lowest BCUT2D eigenvalue weighted by molar-refractivity contribution is 0.120. The number of nitrogens with one attached hydrogen (secondary N) is 1. The number of hydrogen-bond acceptors (Lipinski definition) is 8. The molecular weight excluding hydrogens is 366 g/mol. The minimum atomic E-state index is 0.420. The van der Waals surface area contributed by atoms with Gasteiger partial charge in [0.2, 0.25) is 7.98 Å². The molecule has 0 radical (unpaired) electrons. The molecule has 0 spiro atoms. The van der Waals surface area contributed by atoms with E-state index >= 15 is 0 Å². The lowest BCUT2D eigenvalue weighted by Gasteiger charge is -2.30. The van der Waals surface area contributed by atoms with Gasteiger partial charge in [0.15, 0.2) is 23.9 Å². The summed E-state index contributed by atoms with van der Waals surface area (Å²) < 4.78 is 13.0. The van der Waals surface area contributed by atoms with Gasteiger partial charge in [-0.05, 0) is 46.8 Å². The van der Waals surface area contributed by atoms with Crippen LogP contribution in [0.4, 0.5) is 4.48 Å². The van der Waals surface area contributed by atoms with E-state index in [9.17, 15) is 4.48 Å². The first kappa shape index (κ1) is 28.9. The highest BCUT2D eigenvalue weighted by atomic mass is 19.2. The number of rotatable bonds is 20. The maximum atomic E-state index is 13.0. The maximum absolute atomic E-state index is 13.0. The Hall–Kier alpha value is -0.130. The van der Waals surface area contributed by atoms with Gasteiger partial charge >= 0.3 is 0 Å². The van der Waals surface area contributed by atoms with Crippen LogP contribution in [0.2, 0.25) is 0 Å². The van der Waals surface area contributed by atoms with Crippen molar-refractivity contribution in [3.05, 3.63) is 0 Å². The fourth-order valence-electron chi connectivity index (χ4n) is 2.94. The normalized spacial score (nSPS) is 12.5. The maximum Gasteiger partial charge on any atom is 0.228 e. The van der Waals surface area contributed by atoms with E-state index in [-0.39, 0.29) is 0 Å². The zero-order valence-electron chi connectivity index (χ0n) is 20.0. The van der Waals surface area contributed by atoms with E-state index in [4.69, 9.17) is 5.73 Å². The Morgan fingerprint density at radius 3 is 1.59 bits per heavy atom. The number of halogens is 1. The molecule has 0 aliphatic rings. The van der Waals surface area contributed by atoms with E-state index in [1.54, 1.807) is 0 Å². The third kappa shape index (κ3) is 18.4. The molecule has 0 amide bonds. The lowest BCUT2D eigenvalue weighted by atomic mass is 10.2. The average molecular weight is 412 g/mol. The lowest BCUT2D eigenvalue weighted by Crippen LogP contribution is -2.44. The Kier molecular flexibility index (Phi) is 18.5. The molecule has 29 heavy (non-hydrogen) atoms. The van der Waals surface area contributed by atoms with Gasteiger partial charge in [0, 0.05) is 58.9 Å². The van der Waals surface area contributed by atoms with Crippen LogP contribution < -0.4 is 11.1 Å². The molecule has 0 atom stereocenters. The van der Waals surface area contributed by atoms with E-state index in [1.165, 1.54) is 7.98 Å². The van der Waals surface area contributed by atoms with Crippen molar-refractivity contribution in [1.82, 2.24) is 34.6 Å². The molecule has 13 heteroatoms. The van der Waals surface area contributed by atoms with Crippen molar-refractivity contribution in [1.29, 1.82) is 0 Å². The number of nitrogens with zero attached hydrogens (tertiary/aromatic N) is 6. The Balaban J connectivity index is 4.33. The summed E-state index contributed by atoms with van der Waals surface area (Å²) in [6.45, 7) is 13.0. The topological polar surface area (TPSA) is 57.5 Å². The van der Waals surface area contributed by atoms with E-state index < -0.39 is 0 Å². The van der Waals surface area contributed by atoms with Crippen LogP contribution in [0, 0.1) is 0 Å². The Bertz CT molecular complexity index is 374. The number of likely N-dealkylation sites (N-methyl/N-ethyl adjacent to an activating group) is 2. The summed E-state index contributed by atoms with van der Waals surface area (Å²) in [4.78, 5) is 11.8. The monoisotopic (exact) mass is 412 g/mol. The van der Waals surface area contributed by atoms with E-state index in [2.05, 4.69) is 60.5 Å². The Morgan fingerprint density at radius 1 is 0.690 bits per heavy atom. The van der Waals surface area contributed by atoms with Gasteiger partial charge in [0.05, 0.1) is 0 Å². The summed E-state index contributed by atoms with van der Waals surface area (Å²) in [7, 11) is 12.1. The summed E-state index contributed by atoms with van der Waals surface area (Å²) in [5.41, 5.74) is 5.71. The van der Waals surface area contributed by atoms with Crippen molar-refractivity contribution in [2.24, 2.45) is 5.73 Å². The highest BCUT2D eigenvalue weighted by Gasteiger charge is 2.11. The zero-order valence-corrected chi connectivity index (χ0v) is 20.0. The molecule has 0 unspecified atom stereocenters. The van der Waals surface area contributed by atoms with Crippen LogP contribution in [0.15, 0.2) is 0 Å². The first-order valence-corrected chi connectivity index (χ1v) is 11.0. The van der Waals surface area contributed by atoms with E-state index in [0.717, 1.165) is 77.0 Å². The number of hydrogen-bond donors (Lipinski definition) is 2. The largest absolute Gasteiger partial charge is 0.350 e. The third-order valence-electron chi connectivity index (χ3n) is 5.17. The van der Waals surface area contributed by atoms with Crippen molar-refractivity contribution < 1.29 is 4.48 Å². The van der Waals surface area contributed by atoms with Crippen molar-refractivity contribution in [3.63, 3.8) is 0 Å². The molecule has 0 fully saturated rings. The average Bonchev–Trinajstić information content (AvgIpc) is 2.67. The third-order valence-corrected chi connectivity index (χ3v) is 5.17. The standard InChI is InChI=1S/C16H45B4FN8/c1-23-4-6-27(18)13-10-26(8-7-24(2)17)11-15-28(19)14-9-25(5-3-22)12-16-29(20)21/h23H,3-20,22H2,1-2H3. The Morgan fingerprint density at radius 2 is 1.14 bits per heavy atom. The molecule has 0 aromatic carbocycles. The minimum Gasteiger partial charge on any atom is -0.350 e. The predicted octanol–water partition coefficient (Wildman–Crippen LogP) is -5.32. The van der Waals surface area contributed by atoms with Gasteiger partial charge in [0.1, 0.15) is 0 Å². The van der Waals surface area contributed by atoms with Crippen molar-refractivity contribution in [3.8, 4) is 0 Å². The second kappa shape index (κ2) is 18.6. The molecule has 0 aromatic rings. The molecule has 0 saturated heterocycles. The van der Waals surface area contributed by atoms with Gasteiger partial charge in [-0.25, -0.2) is 0 Å². The fourth-order valence-corrected chi connectivity index (χ4v) is 2.94. The molecule has 168 valence electrons. The fraction of sp³-hybridized carbons (Fsp3) is 1.00. The van der Waals surface area contributed by atoms with Crippen LogP contribution in [0.5, 0.6) is 0 Å². The van der Waals surface area contributed by atoms with Crippen molar-refractivity contribution in [2.45, 2.75) is 0 Å². The summed E-state index contributed by atoms with van der Waals surface area (Å²) in [5.74, 6) is 0. The van der Waals surface area contributed by atoms with Crippen LogP contribution in [-0.4, -0.2) is 167 Å². The summed E-state index contributed by atoms with van der Waals surface area (Å²) in [6.07, 6.45) is 0. The van der Waals surface area contributed by atoms with Gasteiger partial charge < -0.3 is 25.5 Å². The molecule has 0 saturated carbocycles. The molecule has 0 rings (SSSR count). The van der Waals surface area contributed by atoms with Gasteiger partial charge in [-0.15, -0.1) is 4.48 Å². The van der Waals surface area contributed by atoms with E-state index in [0.29, 0.717) is 19.6 Å². The van der Waals surface area contributed by atoms with E-state index in [1.807, 2.05) is 7.05 Å². The quantitative estimate of drug-likeness (QED) is 0.152. The number of nitrogens with two attached hydrogens (primary N) is 1. The molecule has 0 aromatic heterocycles. The molecular formula is C16H45B4FN8. The summed E-state index contributed by atoms with van der Waals surface area (Å²) in [6, 6.07) is 0. The summed E-state index contributed by atoms with van der Waals surface area (Å²) >= 11 is 0. The van der Waals surface area contributed by atoms with Crippen molar-refractivity contribution >= 4 is 31.9 Å². The van der Waals surface area contributed by atoms with Crippen LogP contribution in [-0.2, 0) is 0 Å². The molecule has 0 heterocycles. The SMILES string of the molecule is BN(C)CCN(CCN(B)CCNC)CCN(B)CCN(CCN)CCN(B)F. The smallest absolute Gasteiger partial charge is 0.228 e. The van der Waals surface area contributed by atoms with Gasteiger partial charge in [-0.2, -0.15) is 5.03 Å². The highest BCUT2D eigenvalue weighted by molar-refractivity contribution is 6.04. The van der Waals surface area contributed by atoms with Crippen molar-refractivity contribution in [2.75, 3.05) is 106 Å². The minimum absolute atomic E-state index is 0.420. The van der Waals surface area contributed by atoms with Crippen LogP contribution >= 0.6 is 0 Å². The predicted molar refractivity (Wildman–Crippen MR) is 134 cm³/mol.